The van der Waals surface area contributed by atoms with Crippen LogP contribution in [0.25, 0.3) is 0 Å². The van der Waals surface area contributed by atoms with E-state index in [1.54, 1.807) is 6.07 Å². The second-order valence-corrected chi connectivity index (χ2v) is 5.86. The van der Waals surface area contributed by atoms with E-state index in [4.69, 9.17) is 5.84 Å². The van der Waals surface area contributed by atoms with Crippen LogP contribution in [0.15, 0.2) is 40.9 Å². The normalized spacial score (nSPS) is 12.4. The fourth-order valence-corrected chi connectivity index (χ4v) is 3.01. The predicted octanol–water partition coefficient (Wildman–Crippen LogP) is 3.95. The lowest BCUT2D eigenvalue weighted by Crippen LogP contribution is -2.30. The first-order valence-corrected chi connectivity index (χ1v) is 7.27. The lowest BCUT2D eigenvalue weighted by molar-refractivity contribution is 0.540. The maximum atomic E-state index is 13.6. The highest BCUT2D eigenvalue weighted by atomic mass is 79.9. The van der Waals surface area contributed by atoms with Crippen LogP contribution in [0.2, 0.25) is 0 Å². The third kappa shape index (κ3) is 3.45. The average Bonchev–Trinajstić information content (AvgIpc) is 2.38. The number of aryl methyl sites for hydroxylation is 2. The molecule has 1 atom stereocenters. The molecular formula is C16H18BrFN2. The Labute approximate surface area is 127 Å². The Kier molecular flexibility index (Phi) is 4.91. The molecular weight excluding hydrogens is 319 g/mol. The van der Waals surface area contributed by atoms with Crippen LogP contribution >= 0.6 is 15.9 Å². The predicted molar refractivity (Wildman–Crippen MR) is 83.8 cm³/mol. The van der Waals surface area contributed by atoms with Crippen molar-refractivity contribution in [3.63, 3.8) is 0 Å². The van der Waals surface area contributed by atoms with E-state index in [0.29, 0.717) is 10.9 Å². The molecule has 0 aliphatic carbocycles. The van der Waals surface area contributed by atoms with Gasteiger partial charge in [-0.2, -0.15) is 0 Å². The minimum Gasteiger partial charge on any atom is -0.271 e. The molecule has 0 fully saturated rings. The SMILES string of the molecule is Cc1cc(C)cc(CC(NN)c2cccc(F)c2Br)c1. The van der Waals surface area contributed by atoms with Crippen molar-refractivity contribution in [1.29, 1.82) is 0 Å². The van der Waals surface area contributed by atoms with Gasteiger partial charge in [-0.15, -0.1) is 0 Å². The molecule has 106 valence electrons. The van der Waals surface area contributed by atoms with Crippen molar-refractivity contribution in [1.82, 2.24) is 5.43 Å². The molecule has 2 nitrogen and oxygen atoms in total. The van der Waals surface area contributed by atoms with Crippen LogP contribution in [0.3, 0.4) is 0 Å². The van der Waals surface area contributed by atoms with Crippen molar-refractivity contribution < 1.29 is 4.39 Å². The van der Waals surface area contributed by atoms with Gasteiger partial charge in [0.1, 0.15) is 5.82 Å². The van der Waals surface area contributed by atoms with Crippen molar-refractivity contribution >= 4 is 15.9 Å². The number of benzene rings is 2. The molecule has 0 saturated carbocycles. The molecule has 2 rings (SSSR count). The molecule has 0 radical (unpaired) electrons. The van der Waals surface area contributed by atoms with E-state index in [1.807, 2.05) is 6.07 Å². The molecule has 2 aromatic rings. The second-order valence-electron chi connectivity index (χ2n) is 5.06. The van der Waals surface area contributed by atoms with Crippen molar-refractivity contribution in [2.45, 2.75) is 26.3 Å². The maximum absolute atomic E-state index is 13.6. The first-order valence-electron chi connectivity index (χ1n) is 6.48. The number of hydrazine groups is 1. The third-order valence-electron chi connectivity index (χ3n) is 3.28. The zero-order valence-corrected chi connectivity index (χ0v) is 13.2. The van der Waals surface area contributed by atoms with E-state index in [9.17, 15) is 4.39 Å². The van der Waals surface area contributed by atoms with Crippen LogP contribution in [0, 0.1) is 19.7 Å². The number of hydrogen-bond donors (Lipinski definition) is 2. The third-order valence-corrected chi connectivity index (χ3v) is 4.12. The zero-order valence-electron chi connectivity index (χ0n) is 11.6. The van der Waals surface area contributed by atoms with Gasteiger partial charge >= 0.3 is 0 Å². The summed E-state index contributed by atoms with van der Waals surface area (Å²) in [6.07, 6.45) is 0.709. The molecule has 0 heterocycles. The van der Waals surface area contributed by atoms with E-state index in [0.717, 1.165) is 5.56 Å². The lowest BCUT2D eigenvalue weighted by Gasteiger charge is -2.19. The molecule has 0 spiro atoms. The van der Waals surface area contributed by atoms with E-state index >= 15 is 0 Å². The summed E-state index contributed by atoms with van der Waals surface area (Å²) in [6, 6.07) is 11.3. The van der Waals surface area contributed by atoms with Gasteiger partial charge in [0, 0.05) is 0 Å². The number of rotatable bonds is 4. The van der Waals surface area contributed by atoms with Gasteiger partial charge in [-0.3, -0.25) is 11.3 Å². The van der Waals surface area contributed by atoms with Crippen molar-refractivity contribution in [2.24, 2.45) is 5.84 Å². The van der Waals surface area contributed by atoms with Crippen LogP contribution in [0.1, 0.15) is 28.3 Å². The van der Waals surface area contributed by atoms with Crippen LogP contribution in [-0.2, 0) is 6.42 Å². The molecule has 0 aromatic heterocycles. The molecule has 4 heteroatoms. The minimum absolute atomic E-state index is 0.138. The molecule has 0 aliphatic heterocycles. The number of hydrogen-bond acceptors (Lipinski definition) is 2. The van der Waals surface area contributed by atoms with Gasteiger partial charge in [0.15, 0.2) is 0 Å². The smallest absolute Gasteiger partial charge is 0.137 e. The van der Waals surface area contributed by atoms with Crippen LogP contribution in [-0.4, -0.2) is 0 Å². The van der Waals surface area contributed by atoms with Gasteiger partial charge in [0.05, 0.1) is 10.5 Å². The van der Waals surface area contributed by atoms with Crippen molar-refractivity contribution in [3.8, 4) is 0 Å². The van der Waals surface area contributed by atoms with Gasteiger partial charge in [0.25, 0.3) is 0 Å². The highest BCUT2D eigenvalue weighted by molar-refractivity contribution is 9.10. The Morgan fingerprint density at radius 3 is 2.45 bits per heavy atom. The molecule has 1 unspecified atom stereocenters. The summed E-state index contributed by atoms with van der Waals surface area (Å²) >= 11 is 3.29. The van der Waals surface area contributed by atoms with Crippen LogP contribution in [0.4, 0.5) is 4.39 Å². The average molecular weight is 337 g/mol. The first-order chi connectivity index (χ1) is 9.51. The Morgan fingerprint density at radius 2 is 1.85 bits per heavy atom. The van der Waals surface area contributed by atoms with E-state index in [2.05, 4.69) is 53.4 Å². The molecule has 20 heavy (non-hydrogen) atoms. The molecule has 3 N–H and O–H groups in total. The highest BCUT2D eigenvalue weighted by Gasteiger charge is 2.16. The Morgan fingerprint density at radius 1 is 1.20 bits per heavy atom. The number of nitrogens with one attached hydrogen (secondary N) is 1. The summed E-state index contributed by atoms with van der Waals surface area (Å²) in [5, 5.41) is 0. The van der Waals surface area contributed by atoms with Crippen molar-refractivity contribution in [3.05, 3.63) is 68.9 Å². The summed E-state index contributed by atoms with van der Waals surface area (Å²) in [5.74, 6) is 5.38. The molecule has 2 aromatic carbocycles. The fourth-order valence-electron chi connectivity index (χ4n) is 2.47. The second kappa shape index (κ2) is 6.48. The Balaban J connectivity index is 2.31. The largest absolute Gasteiger partial charge is 0.271 e. The van der Waals surface area contributed by atoms with Gasteiger partial charge in [-0.05, 0) is 53.4 Å². The molecule has 0 bridgehead atoms. The van der Waals surface area contributed by atoms with Gasteiger partial charge in [0.2, 0.25) is 0 Å². The summed E-state index contributed by atoms with van der Waals surface area (Å²) in [7, 11) is 0. The van der Waals surface area contributed by atoms with Crippen LogP contribution in [0.5, 0.6) is 0 Å². The first kappa shape index (κ1) is 15.2. The summed E-state index contributed by atoms with van der Waals surface area (Å²) < 4.78 is 14.1. The summed E-state index contributed by atoms with van der Waals surface area (Å²) in [6.45, 7) is 4.14. The molecule has 0 aliphatic rings. The fraction of sp³-hybridized carbons (Fsp3) is 0.250. The number of halogens is 2. The van der Waals surface area contributed by atoms with Gasteiger partial charge in [-0.25, -0.2) is 4.39 Å². The summed E-state index contributed by atoms with van der Waals surface area (Å²) in [5.41, 5.74) is 7.22. The standard InChI is InChI=1S/C16H18BrFN2/c1-10-6-11(2)8-12(7-10)9-15(20-19)13-4-3-5-14(18)16(13)17/h3-8,15,20H,9,19H2,1-2H3. The van der Waals surface area contributed by atoms with Gasteiger partial charge in [-0.1, -0.05) is 41.5 Å². The summed E-state index contributed by atoms with van der Waals surface area (Å²) in [4.78, 5) is 0. The topological polar surface area (TPSA) is 38.0 Å². The van der Waals surface area contributed by atoms with Crippen molar-refractivity contribution in [2.75, 3.05) is 0 Å². The number of nitrogens with two attached hydrogens (primary N) is 1. The lowest BCUT2D eigenvalue weighted by atomic mass is 9.97. The van der Waals surface area contributed by atoms with E-state index < -0.39 is 0 Å². The monoisotopic (exact) mass is 336 g/mol. The zero-order chi connectivity index (χ0) is 14.7. The Bertz CT molecular complexity index is 593. The molecule has 0 saturated heterocycles. The highest BCUT2D eigenvalue weighted by Crippen LogP contribution is 2.28. The minimum atomic E-state index is -0.275. The Hall–Kier alpha value is -1.23. The van der Waals surface area contributed by atoms with Crippen LogP contribution < -0.4 is 11.3 Å². The van der Waals surface area contributed by atoms with Gasteiger partial charge < -0.3 is 0 Å². The maximum Gasteiger partial charge on any atom is 0.137 e. The quantitative estimate of drug-likeness (QED) is 0.655. The van der Waals surface area contributed by atoms with E-state index in [1.165, 1.54) is 22.8 Å². The molecule has 0 amide bonds. The van der Waals surface area contributed by atoms with E-state index in [-0.39, 0.29) is 11.9 Å².